The number of carbonyl (C=O) groups excluding carboxylic acids is 1. The van der Waals surface area contributed by atoms with Crippen molar-refractivity contribution in [2.75, 3.05) is 0 Å². The monoisotopic (exact) mass is 194 g/mol. The third kappa shape index (κ3) is 4.05. The molecule has 75 valence electrons. The van der Waals surface area contributed by atoms with E-state index in [0.29, 0.717) is 0 Å². The number of ketones is 1. The third-order valence-corrected chi connectivity index (χ3v) is 1.57. The summed E-state index contributed by atoms with van der Waals surface area (Å²) in [6, 6.07) is 0. The van der Waals surface area contributed by atoms with Crippen LogP contribution in [0.15, 0.2) is 0 Å². The molecule has 0 aliphatic carbocycles. The molecule has 0 aliphatic heterocycles. The van der Waals surface area contributed by atoms with Crippen LogP contribution in [0.4, 0.5) is 13.2 Å². The number of alkyl halides is 3. The van der Waals surface area contributed by atoms with Gasteiger partial charge < -0.3 is 5.41 Å². The minimum Gasteiger partial charge on any atom is -0.302 e. The van der Waals surface area contributed by atoms with Crippen molar-refractivity contribution in [3.05, 3.63) is 6.92 Å². The van der Waals surface area contributed by atoms with Gasteiger partial charge >= 0.3 is 6.18 Å². The molecular weight excluding hydrogens is 183 g/mol. The molecule has 2 nitrogen and oxygen atoms in total. The highest BCUT2D eigenvalue weighted by molar-refractivity contribution is 6.38. The highest BCUT2D eigenvalue weighted by Gasteiger charge is 2.36. The average Bonchev–Trinajstić information content (AvgIpc) is 2.01. The number of hydrogen-bond donors (Lipinski definition) is 1. The largest absolute Gasteiger partial charge is 0.392 e. The van der Waals surface area contributed by atoms with Crippen LogP contribution in [-0.2, 0) is 4.79 Å². The van der Waals surface area contributed by atoms with Crippen molar-refractivity contribution in [1.29, 1.82) is 5.41 Å². The molecule has 0 aromatic heterocycles. The van der Waals surface area contributed by atoms with Gasteiger partial charge in [-0.05, 0) is 6.92 Å². The van der Waals surface area contributed by atoms with Crippen molar-refractivity contribution < 1.29 is 18.0 Å². The Hall–Kier alpha value is -0.870. The third-order valence-electron chi connectivity index (χ3n) is 1.57. The number of Topliss-reactive ketones (excluding diaryl/α,β-unsaturated/α-hetero) is 1. The Morgan fingerprint density at radius 3 is 2.31 bits per heavy atom. The van der Waals surface area contributed by atoms with Gasteiger partial charge in [0.05, 0.1) is 11.6 Å². The number of nitrogens with one attached hydrogen (secondary N) is 1. The first kappa shape index (κ1) is 12.1. The molecule has 0 amide bonds. The van der Waals surface area contributed by atoms with Gasteiger partial charge in [-0.3, -0.25) is 4.79 Å². The zero-order chi connectivity index (χ0) is 10.6. The molecule has 0 aliphatic rings. The molecule has 0 spiro atoms. The Morgan fingerprint density at radius 2 is 2.00 bits per heavy atom. The Kier molecular flexibility index (Phi) is 4.10. The highest BCUT2D eigenvalue weighted by atomic mass is 19.4. The van der Waals surface area contributed by atoms with Gasteiger partial charge in [0.1, 0.15) is 0 Å². The number of carbonyl (C=O) groups is 1. The van der Waals surface area contributed by atoms with Crippen LogP contribution in [-0.4, -0.2) is 17.7 Å². The highest BCUT2D eigenvalue weighted by Crippen LogP contribution is 2.28. The molecule has 1 unspecified atom stereocenters. The van der Waals surface area contributed by atoms with E-state index in [1.807, 2.05) is 0 Å². The smallest absolute Gasteiger partial charge is 0.302 e. The molecule has 1 radical (unpaired) electrons. The SMILES string of the molecule is [CH2]C(CC(=N)C(=O)CC)C(F)(F)F. The van der Waals surface area contributed by atoms with E-state index in [1.54, 1.807) is 0 Å². The minimum atomic E-state index is -4.43. The van der Waals surface area contributed by atoms with Crippen molar-refractivity contribution >= 4 is 11.5 Å². The molecule has 13 heavy (non-hydrogen) atoms. The van der Waals surface area contributed by atoms with Crippen molar-refractivity contribution in [2.24, 2.45) is 5.92 Å². The van der Waals surface area contributed by atoms with Crippen molar-refractivity contribution in [2.45, 2.75) is 25.9 Å². The van der Waals surface area contributed by atoms with Crippen LogP contribution in [0.2, 0.25) is 0 Å². The van der Waals surface area contributed by atoms with E-state index in [0.717, 1.165) is 0 Å². The summed E-state index contributed by atoms with van der Waals surface area (Å²) in [4.78, 5) is 10.8. The first-order chi connectivity index (χ1) is 5.79. The second-order valence-electron chi connectivity index (χ2n) is 2.70. The zero-order valence-electron chi connectivity index (χ0n) is 7.24. The predicted octanol–water partition coefficient (Wildman–Crippen LogP) is 2.39. The Bertz CT molecular complexity index is 210. The lowest BCUT2D eigenvalue weighted by atomic mass is 10.0. The Balaban J connectivity index is 4.15. The summed E-state index contributed by atoms with van der Waals surface area (Å²) in [6.45, 7) is 4.35. The normalized spacial score (nSPS) is 13.9. The summed E-state index contributed by atoms with van der Waals surface area (Å²) in [5.74, 6) is -2.42. The predicted molar refractivity (Wildman–Crippen MR) is 42.5 cm³/mol. The van der Waals surface area contributed by atoms with E-state index in [1.165, 1.54) is 6.92 Å². The van der Waals surface area contributed by atoms with Gasteiger partial charge in [0, 0.05) is 12.8 Å². The summed E-state index contributed by atoms with van der Waals surface area (Å²) < 4.78 is 35.7. The molecule has 0 fully saturated rings. The molecule has 0 saturated heterocycles. The Labute approximate surface area is 74.6 Å². The van der Waals surface area contributed by atoms with E-state index < -0.39 is 30.0 Å². The molecule has 0 aromatic rings. The van der Waals surface area contributed by atoms with E-state index in [2.05, 4.69) is 6.92 Å². The molecule has 0 heterocycles. The van der Waals surface area contributed by atoms with Crippen LogP contribution in [0.25, 0.3) is 0 Å². The van der Waals surface area contributed by atoms with Crippen LogP contribution < -0.4 is 0 Å². The number of rotatable bonds is 4. The van der Waals surface area contributed by atoms with E-state index in [-0.39, 0.29) is 6.42 Å². The quantitative estimate of drug-likeness (QED) is 0.686. The summed E-state index contributed by atoms with van der Waals surface area (Å²) >= 11 is 0. The van der Waals surface area contributed by atoms with E-state index >= 15 is 0 Å². The molecule has 1 atom stereocenters. The fourth-order valence-electron chi connectivity index (χ4n) is 0.689. The van der Waals surface area contributed by atoms with Gasteiger partial charge in [-0.2, -0.15) is 13.2 Å². The van der Waals surface area contributed by atoms with Crippen LogP contribution in [0.5, 0.6) is 0 Å². The summed E-state index contributed by atoms with van der Waals surface area (Å²) in [6.07, 6.45) is -5.00. The summed E-state index contributed by atoms with van der Waals surface area (Å²) in [5.41, 5.74) is -0.500. The van der Waals surface area contributed by atoms with Crippen LogP contribution in [0.1, 0.15) is 19.8 Å². The Morgan fingerprint density at radius 1 is 1.54 bits per heavy atom. The van der Waals surface area contributed by atoms with Crippen molar-refractivity contribution in [3.8, 4) is 0 Å². The van der Waals surface area contributed by atoms with Crippen molar-refractivity contribution in [1.82, 2.24) is 0 Å². The fourth-order valence-corrected chi connectivity index (χ4v) is 0.689. The van der Waals surface area contributed by atoms with E-state index in [4.69, 9.17) is 5.41 Å². The number of hydrogen-bond acceptors (Lipinski definition) is 2. The first-order valence-electron chi connectivity index (χ1n) is 3.79. The number of halogens is 3. The maximum atomic E-state index is 11.9. The average molecular weight is 194 g/mol. The van der Waals surface area contributed by atoms with Gasteiger partial charge in [0.25, 0.3) is 0 Å². The van der Waals surface area contributed by atoms with Gasteiger partial charge in [0.15, 0.2) is 5.78 Å². The maximum Gasteiger partial charge on any atom is 0.392 e. The van der Waals surface area contributed by atoms with Gasteiger partial charge in [0.2, 0.25) is 0 Å². The fraction of sp³-hybridized carbons (Fsp3) is 0.625. The molecule has 0 aromatic carbocycles. The van der Waals surface area contributed by atoms with Crippen LogP contribution in [0.3, 0.4) is 0 Å². The van der Waals surface area contributed by atoms with Crippen LogP contribution >= 0.6 is 0 Å². The van der Waals surface area contributed by atoms with E-state index in [9.17, 15) is 18.0 Å². The minimum absolute atomic E-state index is 0.0589. The standard InChI is InChI=1S/C8H11F3NO/c1-3-7(13)6(12)4-5(2)8(9,10)11/h5,12H,2-4H2,1H3. The molecule has 0 saturated carbocycles. The van der Waals surface area contributed by atoms with Gasteiger partial charge in [-0.25, -0.2) is 0 Å². The molecular formula is C8H11F3NO. The zero-order valence-corrected chi connectivity index (χ0v) is 7.24. The van der Waals surface area contributed by atoms with Crippen molar-refractivity contribution in [3.63, 3.8) is 0 Å². The molecule has 0 bridgehead atoms. The lowest BCUT2D eigenvalue weighted by molar-refractivity contribution is -0.160. The topological polar surface area (TPSA) is 40.9 Å². The molecule has 5 heteroatoms. The molecule has 0 rings (SSSR count). The lowest BCUT2D eigenvalue weighted by Gasteiger charge is -2.14. The van der Waals surface area contributed by atoms with Gasteiger partial charge in [-0.1, -0.05) is 6.92 Å². The second kappa shape index (κ2) is 4.39. The lowest BCUT2D eigenvalue weighted by Crippen LogP contribution is -2.25. The van der Waals surface area contributed by atoms with Crippen LogP contribution in [0, 0.1) is 18.3 Å². The maximum absolute atomic E-state index is 11.9. The summed E-state index contributed by atoms with van der Waals surface area (Å²) in [5, 5.41) is 7.02. The molecule has 1 N–H and O–H groups in total. The second-order valence-corrected chi connectivity index (χ2v) is 2.70. The summed E-state index contributed by atoms with van der Waals surface area (Å²) in [7, 11) is 0. The first-order valence-corrected chi connectivity index (χ1v) is 3.79. The van der Waals surface area contributed by atoms with Gasteiger partial charge in [-0.15, -0.1) is 0 Å².